The van der Waals surface area contributed by atoms with E-state index in [1.807, 2.05) is 12.3 Å². The topological polar surface area (TPSA) is 12.0 Å². The molecule has 0 radical (unpaired) electrons. The van der Waals surface area contributed by atoms with Crippen molar-refractivity contribution in [1.82, 2.24) is 5.32 Å². The van der Waals surface area contributed by atoms with Crippen LogP contribution in [0.2, 0.25) is 5.02 Å². The largest absolute Gasteiger partial charge is 0.308 e. The van der Waals surface area contributed by atoms with Crippen LogP contribution < -0.4 is 5.32 Å². The van der Waals surface area contributed by atoms with Crippen molar-refractivity contribution in [2.45, 2.75) is 19.9 Å². The summed E-state index contributed by atoms with van der Waals surface area (Å²) in [6.07, 6.45) is 0. The van der Waals surface area contributed by atoms with Crippen molar-refractivity contribution in [3.63, 3.8) is 0 Å². The Labute approximate surface area is 120 Å². The molecule has 2 aromatic rings. The van der Waals surface area contributed by atoms with Crippen LogP contribution in [0.4, 0.5) is 8.78 Å². The van der Waals surface area contributed by atoms with Gasteiger partial charge in [-0.1, -0.05) is 17.7 Å². The van der Waals surface area contributed by atoms with E-state index in [1.165, 1.54) is 23.5 Å². The van der Waals surface area contributed by atoms with E-state index in [-0.39, 0.29) is 5.56 Å². The van der Waals surface area contributed by atoms with Gasteiger partial charge in [0.1, 0.15) is 11.6 Å². The lowest BCUT2D eigenvalue weighted by atomic mass is 10.0. The fourth-order valence-electron chi connectivity index (χ4n) is 1.99. The Morgan fingerprint density at radius 1 is 1.21 bits per heavy atom. The molecule has 1 unspecified atom stereocenters. The molecule has 0 spiro atoms. The number of thiophene rings is 1. The molecular weight excluding hydrogens is 288 g/mol. The number of benzene rings is 1. The molecule has 0 aliphatic heterocycles. The van der Waals surface area contributed by atoms with E-state index >= 15 is 0 Å². The lowest BCUT2D eigenvalue weighted by Gasteiger charge is -2.18. The number of hydrogen-bond acceptors (Lipinski definition) is 2. The lowest BCUT2D eigenvalue weighted by Crippen LogP contribution is -2.20. The Balaban J connectivity index is 2.61. The van der Waals surface area contributed by atoms with Crippen LogP contribution in [0.3, 0.4) is 0 Å². The van der Waals surface area contributed by atoms with Crippen LogP contribution in [0.25, 0.3) is 0 Å². The maximum atomic E-state index is 14.2. The molecule has 0 bridgehead atoms. The predicted molar refractivity (Wildman–Crippen MR) is 76.1 cm³/mol. The summed E-state index contributed by atoms with van der Waals surface area (Å²) in [5.41, 5.74) is 1.35. The van der Waals surface area contributed by atoms with Gasteiger partial charge in [-0.15, -0.1) is 11.3 Å². The van der Waals surface area contributed by atoms with E-state index in [4.69, 9.17) is 11.6 Å². The van der Waals surface area contributed by atoms with Crippen LogP contribution in [0, 0.1) is 25.5 Å². The van der Waals surface area contributed by atoms with Crippen LogP contribution in [0.5, 0.6) is 0 Å². The molecule has 0 saturated carbocycles. The Kier molecular flexibility index (Phi) is 4.23. The Morgan fingerprint density at radius 2 is 1.89 bits per heavy atom. The number of halogens is 3. The summed E-state index contributed by atoms with van der Waals surface area (Å²) < 4.78 is 28.2. The van der Waals surface area contributed by atoms with Gasteiger partial charge in [0.2, 0.25) is 0 Å². The van der Waals surface area contributed by atoms with E-state index < -0.39 is 17.7 Å². The first-order valence-corrected chi connectivity index (χ1v) is 7.08. The zero-order valence-corrected chi connectivity index (χ0v) is 12.4. The first kappa shape index (κ1) is 14.4. The summed E-state index contributed by atoms with van der Waals surface area (Å²) in [6.45, 7) is 3.49. The minimum atomic E-state index is -0.578. The van der Waals surface area contributed by atoms with Gasteiger partial charge in [-0.05, 0) is 43.5 Å². The van der Waals surface area contributed by atoms with Crippen molar-refractivity contribution >= 4 is 22.9 Å². The second-order valence-electron chi connectivity index (χ2n) is 4.41. The van der Waals surface area contributed by atoms with Crippen LogP contribution in [-0.2, 0) is 0 Å². The molecule has 0 amide bonds. The van der Waals surface area contributed by atoms with Crippen LogP contribution in [0.15, 0.2) is 17.5 Å². The monoisotopic (exact) mass is 301 g/mol. The Hall–Kier alpha value is -0.970. The lowest BCUT2D eigenvalue weighted by molar-refractivity contribution is 0.520. The van der Waals surface area contributed by atoms with E-state index in [9.17, 15) is 8.78 Å². The summed E-state index contributed by atoms with van der Waals surface area (Å²) in [7, 11) is 1.66. The van der Waals surface area contributed by atoms with Crippen molar-refractivity contribution in [2.24, 2.45) is 0 Å². The maximum Gasteiger partial charge on any atom is 0.134 e. The zero-order valence-electron chi connectivity index (χ0n) is 10.9. The highest BCUT2D eigenvalue weighted by atomic mass is 35.5. The van der Waals surface area contributed by atoms with Gasteiger partial charge in [0.05, 0.1) is 11.1 Å². The molecule has 1 aromatic heterocycles. The summed E-state index contributed by atoms with van der Waals surface area (Å²) in [5, 5.41) is 5.39. The van der Waals surface area contributed by atoms with Gasteiger partial charge in [-0.2, -0.15) is 0 Å². The predicted octanol–water partition coefficient (Wildman–Crippen LogP) is 4.61. The average Bonchev–Trinajstić information content (AvgIpc) is 2.71. The first-order chi connectivity index (χ1) is 8.97. The molecule has 0 fully saturated rings. The van der Waals surface area contributed by atoms with Gasteiger partial charge in [0.15, 0.2) is 0 Å². The third-order valence-electron chi connectivity index (χ3n) is 3.08. The van der Waals surface area contributed by atoms with Gasteiger partial charge in [-0.3, -0.25) is 0 Å². The molecule has 19 heavy (non-hydrogen) atoms. The van der Waals surface area contributed by atoms with Crippen molar-refractivity contribution in [1.29, 1.82) is 0 Å². The maximum absolute atomic E-state index is 14.2. The molecular formula is C14H14ClF2NS. The molecule has 0 aliphatic carbocycles. The first-order valence-electron chi connectivity index (χ1n) is 5.82. The van der Waals surface area contributed by atoms with Gasteiger partial charge in [0.25, 0.3) is 0 Å². The van der Waals surface area contributed by atoms with Crippen molar-refractivity contribution < 1.29 is 8.78 Å². The van der Waals surface area contributed by atoms with Crippen molar-refractivity contribution in [2.75, 3.05) is 7.05 Å². The van der Waals surface area contributed by atoms with Gasteiger partial charge in [0, 0.05) is 10.4 Å². The number of nitrogens with one attached hydrogen (secondary N) is 1. The molecule has 0 saturated heterocycles. The second-order valence-corrected chi connectivity index (χ2v) is 5.70. The summed E-state index contributed by atoms with van der Waals surface area (Å²) in [5.74, 6) is -1.09. The highest BCUT2D eigenvalue weighted by Crippen LogP contribution is 2.37. The molecule has 1 atom stereocenters. The van der Waals surface area contributed by atoms with E-state index in [1.54, 1.807) is 14.0 Å². The third-order valence-corrected chi connectivity index (χ3v) is 4.86. The van der Waals surface area contributed by atoms with Crippen molar-refractivity contribution in [3.05, 3.63) is 55.7 Å². The minimum Gasteiger partial charge on any atom is -0.308 e. The molecule has 0 aliphatic rings. The van der Waals surface area contributed by atoms with Crippen molar-refractivity contribution in [3.8, 4) is 0 Å². The molecule has 5 heteroatoms. The quantitative estimate of drug-likeness (QED) is 0.873. The highest BCUT2D eigenvalue weighted by Gasteiger charge is 2.25. The van der Waals surface area contributed by atoms with E-state index in [0.717, 1.165) is 10.4 Å². The zero-order chi connectivity index (χ0) is 14.2. The van der Waals surface area contributed by atoms with Crippen LogP contribution >= 0.6 is 22.9 Å². The Bertz CT molecular complexity index is 610. The SMILES string of the molecule is CNC(c1scc(C)c1Cl)c1c(F)ccc(C)c1F. The van der Waals surface area contributed by atoms with E-state index in [0.29, 0.717) is 10.6 Å². The second kappa shape index (κ2) is 5.57. The molecule has 102 valence electrons. The highest BCUT2D eigenvalue weighted by molar-refractivity contribution is 7.10. The molecule has 2 rings (SSSR count). The van der Waals surface area contributed by atoms with Crippen LogP contribution in [-0.4, -0.2) is 7.05 Å². The molecule has 1 heterocycles. The molecule has 1 N–H and O–H groups in total. The van der Waals surface area contributed by atoms with Gasteiger partial charge in [-0.25, -0.2) is 8.78 Å². The summed E-state index contributed by atoms with van der Waals surface area (Å²) in [6, 6.07) is 2.14. The van der Waals surface area contributed by atoms with Gasteiger partial charge >= 0.3 is 0 Å². The molecule has 1 aromatic carbocycles. The standard InChI is InChI=1S/C14H14ClF2NS/c1-7-4-5-9(16)10(12(7)17)13(18-3)14-11(15)8(2)6-19-14/h4-6,13,18H,1-3H3. The summed E-state index contributed by atoms with van der Waals surface area (Å²) >= 11 is 7.60. The fraction of sp³-hybridized carbons (Fsp3) is 0.286. The minimum absolute atomic E-state index is 0.0197. The number of rotatable bonds is 3. The van der Waals surface area contributed by atoms with Gasteiger partial charge < -0.3 is 5.32 Å². The smallest absolute Gasteiger partial charge is 0.134 e. The summed E-state index contributed by atoms with van der Waals surface area (Å²) in [4.78, 5) is 0.727. The number of aryl methyl sites for hydroxylation is 2. The fourth-order valence-corrected chi connectivity index (χ4v) is 3.41. The normalized spacial score (nSPS) is 12.7. The number of hydrogen-bond donors (Lipinski definition) is 1. The van der Waals surface area contributed by atoms with Crippen LogP contribution in [0.1, 0.15) is 27.6 Å². The Morgan fingerprint density at radius 3 is 2.42 bits per heavy atom. The molecule has 1 nitrogen and oxygen atoms in total. The third kappa shape index (κ3) is 2.53. The average molecular weight is 302 g/mol. The van der Waals surface area contributed by atoms with E-state index in [2.05, 4.69) is 5.32 Å².